The molecular formula is C26H30N4O2. The van der Waals surface area contributed by atoms with Gasteiger partial charge in [-0.2, -0.15) is 0 Å². The Kier molecular flexibility index (Phi) is 7.00. The first-order valence-electron chi connectivity index (χ1n) is 11.3. The van der Waals surface area contributed by atoms with Crippen LogP contribution in [0.3, 0.4) is 0 Å². The van der Waals surface area contributed by atoms with Crippen molar-refractivity contribution in [1.29, 1.82) is 0 Å². The largest absolute Gasteiger partial charge is 0.484 e. The molecule has 166 valence electrons. The van der Waals surface area contributed by atoms with Crippen LogP contribution < -0.4 is 9.64 Å². The van der Waals surface area contributed by atoms with Gasteiger partial charge in [0.1, 0.15) is 5.75 Å². The van der Waals surface area contributed by atoms with E-state index in [4.69, 9.17) is 4.74 Å². The maximum absolute atomic E-state index is 12.5. The first kappa shape index (κ1) is 21.8. The second kappa shape index (κ2) is 10.3. The second-order valence-corrected chi connectivity index (χ2v) is 7.98. The zero-order chi connectivity index (χ0) is 22.3. The molecule has 0 aliphatic carbocycles. The molecule has 0 N–H and O–H groups in total. The molecule has 1 saturated heterocycles. The van der Waals surface area contributed by atoms with Gasteiger partial charge in [-0.3, -0.25) is 4.79 Å². The summed E-state index contributed by atoms with van der Waals surface area (Å²) < 4.78 is 5.67. The van der Waals surface area contributed by atoms with Gasteiger partial charge in [-0.25, -0.2) is 0 Å². The van der Waals surface area contributed by atoms with Crippen LogP contribution in [0.5, 0.6) is 5.75 Å². The fourth-order valence-electron chi connectivity index (χ4n) is 3.80. The summed E-state index contributed by atoms with van der Waals surface area (Å²) in [6.45, 7) is 7.10. The molecule has 2 heterocycles. The summed E-state index contributed by atoms with van der Waals surface area (Å²) in [5.74, 6) is 1.59. The van der Waals surface area contributed by atoms with E-state index in [-0.39, 0.29) is 12.5 Å². The lowest BCUT2D eigenvalue weighted by molar-refractivity contribution is -0.133. The summed E-state index contributed by atoms with van der Waals surface area (Å²) in [7, 11) is 0. The highest BCUT2D eigenvalue weighted by Gasteiger charge is 2.22. The number of piperazine rings is 1. The summed E-state index contributed by atoms with van der Waals surface area (Å²) in [5, 5.41) is 8.85. The number of hydrogen-bond donors (Lipinski definition) is 0. The average molecular weight is 431 g/mol. The number of anilines is 1. The molecule has 6 nitrogen and oxygen atoms in total. The molecule has 2 aromatic carbocycles. The molecule has 0 atom stereocenters. The van der Waals surface area contributed by atoms with Gasteiger partial charge in [-0.1, -0.05) is 50.2 Å². The van der Waals surface area contributed by atoms with Crippen LogP contribution >= 0.6 is 0 Å². The first-order valence-corrected chi connectivity index (χ1v) is 11.3. The maximum atomic E-state index is 12.5. The van der Waals surface area contributed by atoms with E-state index < -0.39 is 0 Å². The second-order valence-electron chi connectivity index (χ2n) is 7.98. The van der Waals surface area contributed by atoms with Crippen LogP contribution in [0.15, 0.2) is 60.7 Å². The molecule has 6 heteroatoms. The Hall–Kier alpha value is -3.41. The Bertz CT molecular complexity index is 1010. The standard InChI is InChI=1S/C26H30N4O2/c1-3-20-5-9-22(10-6-20)24-13-14-25(28-27-24)29-15-17-30(18-16-29)26(31)19-32-23-11-7-21(4-2)8-12-23/h5-14H,3-4,15-19H2,1-2H3. The fraction of sp³-hybridized carbons (Fsp3) is 0.346. The monoisotopic (exact) mass is 430 g/mol. The highest BCUT2D eigenvalue weighted by Crippen LogP contribution is 2.20. The van der Waals surface area contributed by atoms with Crippen molar-refractivity contribution in [2.75, 3.05) is 37.7 Å². The Morgan fingerprint density at radius 3 is 2.00 bits per heavy atom. The molecule has 1 aliphatic heterocycles. The highest BCUT2D eigenvalue weighted by molar-refractivity contribution is 5.78. The number of aromatic nitrogens is 2. The molecule has 32 heavy (non-hydrogen) atoms. The molecule has 1 aromatic heterocycles. The van der Waals surface area contributed by atoms with Gasteiger partial charge < -0.3 is 14.5 Å². The minimum atomic E-state index is 0.0150. The lowest BCUT2D eigenvalue weighted by atomic mass is 10.1. The van der Waals surface area contributed by atoms with Gasteiger partial charge in [-0.05, 0) is 48.2 Å². The predicted molar refractivity (Wildman–Crippen MR) is 127 cm³/mol. The van der Waals surface area contributed by atoms with Crippen LogP contribution in [0.4, 0.5) is 5.82 Å². The normalized spacial score (nSPS) is 13.8. The van der Waals surface area contributed by atoms with E-state index >= 15 is 0 Å². The number of aryl methyl sites for hydroxylation is 2. The number of ether oxygens (including phenoxy) is 1. The molecule has 1 amide bonds. The van der Waals surface area contributed by atoms with Crippen molar-refractivity contribution in [3.8, 4) is 17.0 Å². The summed E-state index contributed by atoms with van der Waals surface area (Å²) >= 11 is 0. The number of benzene rings is 2. The van der Waals surface area contributed by atoms with Crippen molar-refractivity contribution >= 4 is 11.7 Å². The van der Waals surface area contributed by atoms with E-state index in [1.54, 1.807) is 0 Å². The minimum Gasteiger partial charge on any atom is -0.484 e. The molecule has 1 fully saturated rings. The van der Waals surface area contributed by atoms with Crippen molar-refractivity contribution < 1.29 is 9.53 Å². The van der Waals surface area contributed by atoms with Crippen molar-refractivity contribution in [3.05, 3.63) is 71.8 Å². The number of carbonyl (C=O) groups excluding carboxylic acids is 1. The smallest absolute Gasteiger partial charge is 0.260 e. The Labute approximate surface area is 189 Å². The third-order valence-corrected chi connectivity index (χ3v) is 5.96. The fourth-order valence-corrected chi connectivity index (χ4v) is 3.80. The van der Waals surface area contributed by atoms with Crippen molar-refractivity contribution in [2.24, 2.45) is 0 Å². The van der Waals surface area contributed by atoms with Gasteiger partial charge in [0.25, 0.3) is 5.91 Å². The zero-order valence-electron chi connectivity index (χ0n) is 18.8. The van der Waals surface area contributed by atoms with Gasteiger partial charge in [0, 0.05) is 31.7 Å². The van der Waals surface area contributed by atoms with Gasteiger partial charge in [0.15, 0.2) is 12.4 Å². The van der Waals surface area contributed by atoms with E-state index in [9.17, 15) is 4.79 Å². The van der Waals surface area contributed by atoms with Crippen LogP contribution in [-0.4, -0.2) is 53.8 Å². The van der Waals surface area contributed by atoms with Crippen LogP contribution in [0.25, 0.3) is 11.3 Å². The SMILES string of the molecule is CCc1ccc(OCC(=O)N2CCN(c3ccc(-c4ccc(CC)cc4)nn3)CC2)cc1. The molecule has 4 rings (SSSR count). The molecule has 0 unspecified atom stereocenters. The number of rotatable bonds is 7. The maximum Gasteiger partial charge on any atom is 0.260 e. The Morgan fingerprint density at radius 1 is 0.812 bits per heavy atom. The van der Waals surface area contributed by atoms with Gasteiger partial charge in [-0.15, -0.1) is 10.2 Å². The summed E-state index contributed by atoms with van der Waals surface area (Å²) in [5.41, 5.74) is 4.51. The molecule has 0 spiro atoms. The van der Waals surface area contributed by atoms with Crippen LogP contribution in [0.2, 0.25) is 0 Å². The molecule has 0 bridgehead atoms. The van der Waals surface area contributed by atoms with Crippen LogP contribution in [0.1, 0.15) is 25.0 Å². The number of nitrogens with zero attached hydrogens (tertiary/aromatic N) is 4. The average Bonchev–Trinajstić information content (AvgIpc) is 2.88. The lowest BCUT2D eigenvalue weighted by Crippen LogP contribution is -2.50. The van der Waals surface area contributed by atoms with Gasteiger partial charge in [0.05, 0.1) is 5.69 Å². The number of amides is 1. The number of hydrogen-bond acceptors (Lipinski definition) is 5. The van der Waals surface area contributed by atoms with Crippen molar-refractivity contribution in [2.45, 2.75) is 26.7 Å². The van der Waals surface area contributed by atoms with E-state index in [2.05, 4.69) is 53.2 Å². The number of carbonyl (C=O) groups is 1. The predicted octanol–water partition coefficient (Wildman–Crippen LogP) is 4.00. The summed E-state index contributed by atoms with van der Waals surface area (Å²) in [4.78, 5) is 16.6. The quantitative estimate of drug-likeness (QED) is 0.567. The molecule has 1 aliphatic rings. The van der Waals surface area contributed by atoms with E-state index in [0.29, 0.717) is 13.1 Å². The first-order chi connectivity index (χ1) is 15.7. The van der Waals surface area contributed by atoms with E-state index in [1.807, 2.05) is 41.3 Å². The Balaban J connectivity index is 1.27. The van der Waals surface area contributed by atoms with Crippen LogP contribution in [0, 0.1) is 0 Å². The third kappa shape index (κ3) is 5.25. The van der Waals surface area contributed by atoms with E-state index in [1.165, 1.54) is 11.1 Å². The summed E-state index contributed by atoms with van der Waals surface area (Å²) in [6, 6.07) is 20.4. The summed E-state index contributed by atoms with van der Waals surface area (Å²) in [6.07, 6.45) is 2.01. The third-order valence-electron chi connectivity index (χ3n) is 5.96. The molecule has 3 aromatic rings. The highest BCUT2D eigenvalue weighted by atomic mass is 16.5. The van der Waals surface area contributed by atoms with Crippen molar-refractivity contribution in [3.63, 3.8) is 0 Å². The minimum absolute atomic E-state index is 0.0150. The van der Waals surface area contributed by atoms with Gasteiger partial charge in [0.2, 0.25) is 0 Å². The van der Waals surface area contributed by atoms with Gasteiger partial charge >= 0.3 is 0 Å². The zero-order valence-corrected chi connectivity index (χ0v) is 18.8. The van der Waals surface area contributed by atoms with E-state index in [0.717, 1.165) is 48.8 Å². The molecule has 0 saturated carbocycles. The molecular weight excluding hydrogens is 400 g/mol. The Morgan fingerprint density at radius 2 is 1.44 bits per heavy atom. The molecule has 0 radical (unpaired) electrons. The topological polar surface area (TPSA) is 58.6 Å². The van der Waals surface area contributed by atoms with Crippen LogP contribution in [-0.2, 0) is 17.6 Å². The lowest BCUT2D eigenvalue weighted by Gasteiger charge is -2.35. The van der Waals surface area contributed by atoms with Crippen molar-refractivity contribution in [1.82, 2.24) is 15.1 Å².